The Balaban J connectivity index is 2.24. The highest BCUT2D eigenvalue weighted by atomic mass is 79.9. The van der Waals surface area contributed by atoms with Crippen LogP contribution in [0.25, 0.3) is 0 Å². The Hall–Kier alpha value is -0.0500. The molecule has 0 atom stereocenters. The van der Waals surface area contributed by atoms with Gasteiger partial charge in [0.15, 0.2) is 0 Å². The van der Waals surface area contributed by atoms with Crippen LogP contribution in [0.3, 0.4) is 0 Å². The maximum Gasteiger partial charge on any atom is 0.222 e. The number of amides is 1. The van der Waals surface area contributed by atoms with E-state index in [9.17, 15) is 4.79 Å². The zero-order valence-corrected chi connectivity index (χ0v) is 11.5. The van der Waals surface area contributed by atoms with Gasteiger partial charge in [0.2, 0.25) is 5.91 Å². The molecule has 15 heavy (non-hydrogen) atoms. The minimum atomic E-state index is 0.353. The number of carbonyl (C=O) groups excluding carboxylic acids is 1. The van der Waals surface area contributed by atoms with Crippen LogP contribution in [-0.4, -0.2) is 29.2 Å². The molecule has 1 heterocycles. The van der Waals surface area contributed by atoms with Gasteiger partial charge in [-0.15, -0.1) is 0 Å². The van der Waals surface area contributed by atoms with E-state index in [0.29, 0.717) is 11.3 Å². The van der Waals surface area contributed by atoms with E-state index in [4.69, 9.17) is 0 Å². The second-order valence-electron chi connectivity index (χ2n) is 5.19. The van der Waals surface area contributed by atoms with E-state index >= 15 is 0 Å². The normalized spacial score (nSPS) is 20.3. The van der Waals surface area contributed by atoms with Gasteiger partial charge in [-0.2, -0.15) is 0 Å². The van der Waals surface area contributed by atoms with Crippen LogP contribution in [0.4, 0.5) is 0 Å². The monoisotopic (exact) mass is 275 g/mol. The third-order valence-electron chi connectivity index (χ3n) is 3.24. The topological polar surface area (TPSA) is 20.3 Å². The Morgan fingerprint density at radius 1 is 1.27 bits per heavy atom. The maximum atomic E-state index is 11.8. The van der Waals surface area contributed by atoms with Crippen LogP contribution in [0.1, 0.15) is 46.0 Å². The van der Waals surface area contributed by atoms with Crippen molar-refractivity contribution in [1.82, 2.24) is 4.90 Å². The minimum absolute atomic E-state index is 0.353. The Bertz CT molecular complexity index is 206. The summed E-state index contributed by atoms with van der Waals surface area (Å²) in [4.78, 5) is 13.8. The summed E-state index contributed by atoms with van der Waals surface area (Å²) in [5, 5.41) is 1.01. The summed E-state index contributed by atoms with van der Waals surface area (Å²) in [6.45, 7) is 6.50. The Morgan fingerprint density at radius 3 is 2.40 bits per heavy atom. The summed E-state index contributed by atoms with van der Waals surface area (Å²) in [7, 11) is 0. The predicted molar refractivity (Wildman–Crippen MR) is 67.2 cm³/mol. The van der Waals surface area contributed by atoms with Gasteiger partial charge in [-0.25, -0.2) is 0 Å². The first kappa shape index (κ1) is 13.0. The molecule has 1 saturated heterocycles. The summed E-state index contributed by atoms with van der Waals surface area (Å²) >= 11 is 3.39. The Kier molecular flexibility index (Phi) is 5.10. The zero-order valence-electron chi connectivity index (χ0n) is 9.89. The van der Waals surface area contributed by atoms with E-state index in [1.54, 1.807) is 0 Å². The number of carbonyl (C=O) groups is 1. The van der Waals surface area contributed by atoms with E-state index in [0.717, 1.165) is 50.5 Å². The minimum Gasteiger partial charge on any atom is -0.343 e. The number of unbranched alkanes of at least 4 members (excludes halogenated alkanes) is 1. The molecule has 0 aromatic rings. The third kappa shape index (κ3) is 4.54. The van der Waals surface area contributed by atoms with Gasteiger partial charge < -0.3 is 4.90 Å². The van der Waals surface area contributed by atoms with Crippen molar-refractivity contribution in [3.05, 3.63) is 0 Å². The van der Waals surface area contributed by atoms with Crippen molar-refractivity contribution in [1.29, 1.82) is 0 Å². The standard InChI is InChI=1S/C12H22BrNO/c1-12(2)6-9-14(10-7-12)11(15)5-3-4-8-13/h3-10H2,1-2H3. The predicted octanol–water partition coefficient (Wildman–Crippen LogP) is 3.20. The van der Waals surface area contributed by atoms with Gasteiger partial charge >= 0.3 is 0 Å². The number of rotatable bonds is 4. The van der Waals surface area contributed by atoms with Gasteiger partial charge in [-0.3, -0.25) is 4.79 Å². The van der Waals surface area contributed by atoms with Crippen molar-refractivity contribution in [3.8, 4) is 0 Å². The van der Waals surface area contributed by atoms with Crippen molar-refractivity contribution in [2.45, 2.75) is 46.0 Å². The third-order valence-corrected chi connectivity index (χ3v) is 3.80. The van der Waals surface area contributed by atoms with E-state index < -0.39 is 0 Å². The molecule has 2 nitrogen and oxygen atoms in total. The fraction of sp³-hybridized carbons (Fsp3) is 0.917. The van der Waals surface area contributed by atoms with E-state index in [1.807, 2.05) is 4.90 Å². The number of likely N-dealkylation sites (tertiary alicyclic amines) is 1. The van der Waals surface area contributed by atoms with Crippen molar-refractivity contribution in [3.63, 3.8) is 0 Å². The lowest BCUT2D eigenvalue weighted by Crippen LogP contribution is -2.41. The van der Waals surface area contributed by atoms with Crippen molar-refractivity contribution in [2.75, 3.05) is 18.4 Å². The molecule has 0 saturated carbocycles. The zero-order chi connectivity index (χ0) is 11.3. The second kappa shape index (κ2) is 5.88. The summed E-state index contributed by atoms with van der Waals surface area (Å²) in [6, 6.07) is 0. The van der Waals surface area contributed by atoms with Gasteiger partial charge in [0.1, 0.15) is 0 Å². The molecule has 1 aliphatic heterocycles. The van der Waals surface area contributed by atoms with Crippen molar-refractivity contribution in [2.24, 2.45) is 5.41 Å². The van der Waals surface area contributed by atoms with Gasteiger partial charge in [-0.05, 0) is 31.1 Å². The summed E-state index contributed by atoms with van der Waals surface area (Å²) in [6.07, 6.45) is 5.15. The van der Waals surface area contributed by atoms with Crippen molar-refractivity contribution < 1.29 is 4.79 Å². The molecule has 0 aromatic carbocycles. The molecule has 1 amide bonds. The first-order valence-electron chi connectivity index (χ1n) is 5.89. The van der Waals surface area contributed by atoms with Crippen LogP contribution >= 0.6 is 15.9 Å². The number of nitrogens with zero attached hydrogens (tertiary/aromatic N) is 1. The average molecular weight is 276 g/mol. The SMILES string of the molecule is CC1(C)CCN(C(=O)CCCCBr)CC1. The van der Waals surface area contributed by atoms with E-state index in [2.05, 4.69) is 29.8 Å². The average Bonchev–Trinajstić information content (AvgIpc) is 2.18. The lowest BCUT2D eigenvalue weighted by Gasteiger charge is -2.37. The van der Waals surface area contributed by atoms with Gasteiger partial charge in [0.25, 0.3) is 0 Å². The first-order chi connectivity index (χ1) is 7.05. The molecule has 0 unspecified atom stereocenters. The molecular formula is C12H22BrNO. The Morgan fingerprint density at radius 2 is 1.87 bits per heavy atom. The number of halogens is 1. The van der Waals surface area contributed by atoms with Gasteiger partial charge in [-0.1, -0.05) is 29.8 Å². The number of hydrogen-bond donors (Lipinski definition) is 0. The molecule has 0 radical (unpaired) electrons. The molecule has 88 valence electrons. The fourth-order valence-corrected chi connectivity index (χ4v) is 2.29. The highest BCUT2D eigenvalue weighted by molar-refractivity contribution is 9.09. The fourth-order valence-electron chi connectivity index (χ4n) is 1.89. The number of alkyl halides is 1. The summed E-state index contributed by atoms with van der Waals surface area (Å²) in [5.74, 6) is 0.353. The molecule has 0 bridgehead atoms. The second-order valence-corrected chi connectivity index (χ2v) is 5.98. The molecular weight excluding hydrogens is 254 g/mol. The summed E-state index contributed by atoms with van der Waals surface area (Å²) in [5.41, 5.74) is 0.437. The van der Waals surface area contributed by atoms with Crippen molar-refractivity contribution >= 4 is 21.8 Å². The van der Waals surface area contributed by atoms with Gasteiger partial charge in [0, 0.05) is 24.8 Å². The first-order valence-corrected chi connectivity index (χ1v) is 7.01. The maximum absolute atomic E-state index is 11.8. The molecule has 0 N–H and O–H groups in total. The van der Waals surface area contributed by atoms with Crippen LogP contribution in [0.2, 0.25) is 0 Å². The number of piperidine rings is 1. The summed E-state index contributed by atoms with van der Waals surface area (Å²) < 4.78 is 0. The molecule has 0 aromatic heterocycles. The molecule has 3 heteroatoms. The highest BCUT2D eigenvalue weighted by Crippen LogP contribution is 2.29. The molecule has 0 aliphatic carbocycles. The van der Waals surface area contributed by atoms with E-state index in [1.165, 1.54) is 0 Å². The van der Waals surface area contributed by atoms with Crippen LogP contribution in [0.5, 0.6) is 0 Å². The molecule has 1 rings (SSSR count). The van der Waals surface area contributed by atoms with E-state index in [-0.39, 0.29) is 0 Å². The van der Waals surface area contributed by atoms with Crippen LogP contribution in [0, 0.1) is 5.41 Å². The smallest absolute Gasteiger partial charge is 0.222 e. The molecule has 0 spiro atoms. The number of hydrogen-bond acceptors (Lipinski definition) is 1. The quantitative estimate of drug-likeness (QED) is 0.570. The molecule has 1 fully saturated rings. The highest BCUT2D eigenvalue weighted by Gasteiger charge is 2.27. The Labute approximate surface area is 102 Å². The lowest BCUT2D eigenvalue weighted by atomic mass is 9.82. The van der Waals surface area contributed by atoms with Crippen LogP contribution < -0.4 is 0 Å². The largest absolute Gasteiger partial charge is 0.343 e. The lowest BCUT2D eigenvalue weighted by molar-refractivity contribution is -0.133. The van der Waals surface area contributed by atoms with Crippen LogP contribution in [0.15, 0.2) is 0 Å². The van der Waals surface area contributed by atoms with Gasteiger partial charge in [0.05, 0.1) is 0 Å². The molecule has 1 aliphatic rings. The van der Waals surface area contributed by atoms with Crippen LogP contribution in [-0.2, 0) is 4.79 Å².